The molecule has 1 aromatic carbocycles. The summed E-state index contributed by atoms with van der Waals surface area (Å²) in [6.45, 7) is 6.93. The summed E-state index contributed by atoms with van der Waals surface area (Å²) in [5.41, 5.74) is 1.30. The summed E-state index contributed by atoms with van der Waals surface area (Å²) >= 11 is 1.86. The molecule has 2 nitrogen and oxygen atoms in total. The zero-order valence-electron chi connectivity index (χ0n) is 12.3. The molecule has 0 saturated carbocycles. The number of nitrogens with one attached hydrogen (secondary N) is 1. The number of hydrogen-bond acceptors (Lipinski definition) is 3. The molecule has 0 aliphatic carbocycles. The molecule has 1 N–H and O–H groups in total. The van der Waals surface area contributed by atoms with Gasteiger partial charge >= 0.3 is 0 Å². The van der Waals surface area contributed by atoms with Crippen LogP contribution >= 0.6 is 11.3 Å². The van der Waals surface area contributed by atoms with Crippen molar-refractivity contribution in [2.24, 2.45) is 0 Å². The monoisotopic (exact) mass is 289 g/mol. The quantitative estimate of drug-likeness (QED) is 0.731. The number of thiophene rings is 1. The van der Waals surface area contributed by atoms with Crippen LogP contribution in [0.1, 0.15) is 25.1 Å². The maximum Gasteiger partial charge on any atom is 0.0518 e. The molecule has 0 unspecified atom stereocenters. The highest BCUT2D eigenvalue weighted by atomic mass is 32.1. The van der Waals surface area contributed by atoms with Gasteiger partial charge in [-0.15, -0.1) is 11.3 Å². The van der Waals surface area contributed by atoms with Gasteiger partial charge in [0.25, 0.3) is 0 Å². The summed E-state index contributed by atoms with van der Waals surface area (Å²) in [5, 5.41) is 3.47. The highest BCUT2D eigenvalue weighted by Crippen LogP contribution is 2.27. The van der Waals surface area contributed by atoms with E-state index < -0.39 is 0 Å². The topological polar surface area (TPSA) is 21.3 Å². The van der Waals surface area contributed by atoms with Gasteiger partial charge in [-0.1, -0.05) is 30.3 Å². The van der Waals surface area contributed by atoms with Gasteiger partial charge in [0.05, 0.1) is 6.10 Å². The average Bonchev–Trinajstić information content (AvgIpc) is 2.92. The van der Waals surface area contributed by atoms with E-state index in [1.165, 1.54) is 15.3 Å². The highest BCUT2D eigenvalue weighted by molar-refractivity contribution is 7.15. The van der Waals surface area contributed by atoms with Gasteiger partial charge in [0.2, 0.25) is 0 Å². The summed E-state index contributed by atoms with van der Waals surface area (Å²) in [6, 6.07) is 15.0. The molecular formula is C17H23NOS. The Morgan fingerprint density at radius 1 is 1.10 bits per heavy atom. The van der Waals surface area contributed by atoms with Gasteiger partial charge in [0, 0.05) is 22.9 Å². The minimum atomic E-state index is 0.334. The first-order valence-electron chi connectivity index (χ1n) is 7.22. The molecule has 0 fully saturated rings. The van der Waals surface area contributed by atoms with Crippen molar-refractivity contribution in [2.45, 2.75) is 32.9 Å². The Hall–Kier alpha value is -1.16. The van der Waals surface area contributed by atoms with Crippen LogP contribution in [0.5, 0.6) is 0 Å². The fourth-order valence-electron chi connectivity index (χ4n) is 1.96. The molecule has 0 amide bonds. The lowest BCUT2D eigenvalue weighted by Gasteiger charge is -2.07. The van der Waals surface area contributed by atoms with Gasteiger partial charge in [-0.25, -0.2) is 0 Å². The minimum Gasteiger partial charge on any atom is -0.379 e. The van der Waals surface area contributed by atoms with Gasteiger partial charge in [-0.2, -0.15) is 0 Å². The molecule has 0 spiro atoms. The van der Waals surface area contributed by atoms with Crippen LogP contribution < -0.4 is 5.32 Å². The van der Waals surface area contributed by atoms with Crippen molar-refractivity contribution >= 4 is 11.3 Å². The van der Waals surface area contributed by atoms with Crippen molar-refractivity contribution in [2.75, 3.05) is 13.2 Å². The van der Waals surface area contributed by atoms with Gasteiger partial charge in [-0.3, -0.25) is 0 Å². The molecule has 2 rings (SSSR count). The number of benzene rings is 1. The van der Waals surface area contributed by atoms with Crippen molar-refractivity contribution in [3.05, 3.63) is 47.3 Å². The summed E-state index contributed by atoms with van der Waals surface area (Å²) < 4.78 is 5.52. The normalized spacial score (nSPS) is 11.2. The molecule has 0 aliphatic rings. The van der Waals surface area contributed by atoms with Crippen LogP contribution in [0.3, 0.4) is 0 Å². The van der Waals surface area contributed by atoms with Gasteiger partial charge in [0.15, 0.2) is 0 Å². The first-order valence-corrected chi connectivity index (χ1v) is 8.04. The Morgan fingerprint density at radius 3 is 2.65 bits per heavy atom. The van der Waals surface area contributed by atoms with Crippen LogP contribution in [0.2, 0.25) is 0 Å². The molecule has 3 heteroatoms. The SMILES string of the molecule is CC(C)OCCCNCc1ccc(-c2ccccc2)s1. The number of ether oxygens (including phenoxy) is 1. The predicted octanol–water partition coefficient (Wildman–Crippen LogP) is 4.32. The highest BCUT2D eigenvalue weighted by Gasteiger charge is 2.02. The maximum atomic E-state index is 5.52. The Bertz CT molecular complexity index is 493. The van der Waals surface area contributed by atoms with E-state index in [1.54, 1.807) is 0 Å². The second-order valence-corrected chi connectivity index (χ2v) is 6.25. The van der Waals surface area contributed by atoms with Crippen LogP contribution in [0.25, 0.3) is 10.4 Å². The molecular weight excluding hydrogens is 266 g/mol. The van der Waals surface area contributed by atoms with Crippen LogP contribution in [0.4, 0.5) is 0 Å². The van der Waals surface area contributed by atoms with Crippen molar-refractivity contribution in [3.8, 4) is 10.4 Å². The molecule has 20 heavy (non-hydrogen) atoms. The van der Waals surface area contributed by atoms with Crippen LogP contribution in [0, 0.1) is 0 Å². The smallest absolute Gasteiger partial charge is 0.0518 e. The van der Waals surface area contributed by atoms with Crippen molar-refractivity contribution < 1.29 is 4.74 Å². The molecule has 0 saturated heterocycles. The molecule has 2 aromatic rings. The Morgan fingerprint density at radius 2 is 1.90 bits per heavy atom. The average molecular weight is 289 g/mol. The van der Waals surface area contributed by atoms with Crippen molar-refractivity contribution in [1.82, 2.24) is 5.32 Å². The second kappa shape index (κ2) is 8.20. The largest absolute Gasteiger partial charge is 0.379 e. The molecule has 1 aromatic heterocycles. The molecule has 108 valence electrons. The molecule has 0 radical (unpaired) electrons. The number of hydrogen-bond donors (Lipinski definition) is 1. The first kappa shape index (κ1) is 15.2. The molecule has 0 bridgehead atoms. The Kier molecular flexibility index (Phi) is 6.25. The zero-order valence-corrected chi connectivity index (χ0v) is 13.1. The Labute approximate surface area is 125 Å². The lowest BCUT2D eigenvalue weighted by atomic mass is 10.2. The van der Waals surface area contributed by atoms with Crippen molar-refractivity contribution in [3.63, 3.8) is 0 Å². The molecule has 1 heterocycles. The third-order valence-corrected chi connectivity index (χ3v) is 4.10. The van der Waals surface area contributed by atoms with E-state index in [0.717, 1.165) is 26.1 Å². The van der Waals surface area contributed by atoms with Crippen molar-refractivity contribution in [1.29, 1.82) is 0 Å². The van der Waals surface area contributed by atoms with Gasteiger partial charge < -0.3 is 10.1 Å². The van der Waals surface area contributed by atoms with E-state index in [9.17, 15) is 0 Å². The standard InChI is InChI=1S/C17H23NOS/c1-14(2)19-12-6-11-18-13-16-9-10-17(20-16)15-7-4-3-5-8-15/h3-5,7-10,14,18H,6,11-13H2,1-2H3. The van der Waals surface area contributed by atoms with Gasteiger partial charge in [-0.05, 0) is 44.5 Å². The van der Waals surface area contributed by atoms with Crippen LogP contribution in [-0.4, -0.2) is 19.3 Å². The van der Waals surface area contributed by atoms with E-state index in [4.69, 9.17) is 4.74 Å². The predicted molar refractivity (Wildman–Crippen MR) is 87.2 cm³/mol. The number of rotatable bonds is 8. The second-order valence-electron chi connectivity index (χ2n) is 5.08. The van der Waals surface area contributed by atoms with E-state index >= 15 is 0 Å². The molecule has 0 atom stereocenters. The van der Waals surface area contributed by atoms with E-state index in [0.29, 0.717) is 6.10 Å². The lowest BCUT2D eigenvalue weighted by molar-refractivity contribution is 0.0770. The minimum absolute atomic E-state index is 0.334. The zero-order chi connectivity index (χ0) is 14.2. The first-order chi connectivity index (χ1) is 9.75. The third-order valence-electron chi connectivity index (χ3n) is 2.97. The van der Waals surface area contributed by atoms with E-state index in [2.05, 4.69) is 61.6 Å². The van der Waals surface area contributed by atoms with E-state index in [-0.39, 0.29) is 0 Å². The van der Waals surface area contributed by atoms with E-state index in [1.807, 2.05) is 11.3 Å². The van der Waals surface area contributed by atoms with Gasteiger partial charge in [0.1, 0.15) is 0 Å². The fourth-order valence-corrected chi connectivity index (χ4v) is 2.94. The third kappa shape index (κ3) is 5.08. The van der Waals surface area contributed by atoms with Crippen LogP contribution in [0.15, 0.2) is 42.5 Å². The summed E-state index contributed by atoms with van der Waals surface area (Å²) in [6.07, 6.45) is 1.40. The van der Waals surface area contributed by atoms with Crippen LogP contribution in [-0.2, 0) is 11.3 Å². The summed E-state index contributed by atoms with van der Waals surface area (Å²) in [5.74, 6) is 0. The summed E-state index contributed by atoms with van der Waals surface area (Å²) in [7, 11) is 0. The maximum absolute atomic E-state index is 5.52. The molecule has 0 aliphatic heterocycles. The lowest BCUT2D eigenvalue weighted by Crippen LogP contribution is -2.16. The summed E-state index contributed by atoms with van der Waals surface area (Å²) in [4.78, 5) is 2.72. The fraction of sp³-hybridized carbons (Fsp3) is 0.412. The Balaban J connectivity index is 1.71.